The average molecular weight is 231 g/mol. The number of aromatic nitrogens is 2. The molecule has 1 aliphatic rings. The monoisotopic (exact) mass is 231 g/mol. The van der Waals surface area contributed by atoms with Gasteiger partial charge in [0.1, 0.15) is 0 Å². The van der Waals surface area contributed by atoms with Gasteiger partial charge in [0.05, 0.1) is 11.0 Å². The molecule has 0 aliphatic carbocycles. The normalized spacial score (nSPS) is 22.1. The molecule has 0 unspecified atom stereocenters. The van der Waals surface area contributed by atoms with Crippen LogP contribution in [0.1, 0.15) is 24.3 Å². The van der Waals surface area contributed by atoms with Crippen molar-refractivity contribution in [3.63, 3.8) is 0 Å². The number of hydrogen-bond acceptors (Lipinski definition) is 2. The number of aromatic amines is 2. The van der Waals surface area contributed by atoms with Gasteiger partial charge in [-0.05, 0) is 44.0 Å². The molecule has 0 amide bonds. The van der Waals surface area contributed by atoms with Crippen LogP contribution in [0.3, 0.4) is 0 Å². The molecular formula is C13H17N3O. The summed E-state index contributed by atoms with van der Waals surface area (Å²) in [6.45, 7) is 2.25. The first kappa shape index (κ1) is 10.6. The number of imidazole rings is 1. The van der Waals surface area contributed by atoms with E-state index in [9.17, 15) is 4.79 Å². The van der Waals surface area contributed by atoms with Crippen LogP contribution in [0.2, 0.25) is 0 Å². The van der Waals surface area contributed by atoms with Gasteiger partial charge in [0, 0.05) is 6.54 Å². The van der Waals surface area contributed by atoms with Gasteiger partial charge in [-0.2, -0.15) is 0 Å². The largest absolute Gasteiger partial charge is 0.323 e. The van der Waals surface area contributed by atoms with Crippen LogP contribution in [0.4, 0.5) is 0 Å². The topological polar surface area (TPSA) is 51.9 Å². The van der Waals surface area contributed by atoms with Crippen LogP contribution in [-0.2, 0) is 0 Å². The van der Waals surface area contributed by atoms with Crippen molar-refractivity contribution in [1.29, 1.82) is 0 Å². The van der Waals surface area contributed by atoms with Crippen molar-refractivity contribution in [3.05, 3.63) is 34.2 Å². The number of nitrogens with zero attached hydrogens (tertiary/aromatic N) is 1. The minimum Gasteiger partial charge on any atom is -0.306 e. The van der Waals surface area contributed by atoms with E-state index < -0.39 is 0 Å². The first-order valence-corrected chi connectivity index (χ1v) is 6.13. The summed E-state index contributed by atoms with van der Waals surface area (Å²) in [5.41, 5.74) is 3.06. The Morgan fingerprint density at radius 1 is 1.35 bits per heavy atom. The molecule has 2 aromatic rings. The Morgan fingerprint density at radius 3 is 3.06 bits per heavy atom. The van der Waals surface area contributed by atoms with Crippen molar-refractivity contribution in [2.24, 2.45) is 0 Å². The number of fused-ring (bicyclic) bond motifs is 1. The predicted molar refractivity (Wildman–Crippen MR) is 68.4 cm³/mol. The summed E-state index contributed by atoms with van der Waals surface area (Å²) in [7, 11) is 2.16. The molecule has 2 N–H and O–H groups in total. The number of benzene rings is 1. The van der Waals surface area contributed by atoms with Gasteiger partial charge in [0.2, 0.25) is 0 Å². The molecule has 3 rings (SSSR count). The molecule has 0 spiro atoms. The lowest BCUT2D eigenvalue weighted by molar-refractivity contribution is 0.251. The van der Waals surface area contributed by atoms with Gasteiger partial charge in [0.15, 0.2) is 0 Å². The van der Waals surface area contributed by atoms with Crippen LogP contribution < -0.4 is 5.69 Å². The first-order chi connectivity index (χ1) is 8.24. The van der Waals surface area contributed by atoms with Crippen LogP contribution in [0.15, 0.2) is 23.0 Å². The number of hydrogen-bond donors (Lipinski definition) is 2. The molecule has 1 fully saturated rings. The first-order valence-electron chi connectivity index (χ1n) is 6.13. The summed E-state index contributed by atoms with van der Waals surface area (Å²) in [6.07, 6.45) is 2.43. The number of likely N-dealkylation sites (N-methyl/N-ethyl adjacent to an activating group) is 1. The van der Waals surface area contributed by atoms with Crippen LogP contribution >= 0.6 is 0 Å². The quantitative estimate of drug-likeness (QED) is 0.784. The van der Waals surface area contributed by atoms with E-state index >= 15 is 0 Å². The second-order valence-electron chi connectivity index (χ2n) is 4.95. The second kappa shape index (κ2) is 4.04. The molecule has 90 valence electrons. The lowest BCUT2D eigenvalue weighted by atomic mass is 9.90. The molecule has 1 aromatic carbocycles. The third-order valence-electron chi connectivity index (χ3n) is 3.65. The zero-order valence-corrected chi connectivity index (χ0v) is 9.99. The third kappa shape index (κ3) is 1.89. The Hall–Kier alpha value is -1.55. The summed E-state index contributed by atoms with van der Waals surface area (Å²) in [4.78, 5) is 19.5. The van der Waals surface area contributed by atoms with E-state index in [-0.39, 0.29) is 5.69 Å². The highest BCUT2D eigenvalue weighted by atomic mass is 16.1. The van der Waals surface area contributed by atoms with Gasteiger partial charge in [-0.3, -0.25) is 0 Å². The predicted octanol–water partition coefficient (Wildman–Crippen LogP) is 1.67. The van der Waals surface area contributed by atoms with Gasteiger partial charge in [-0.15, -0.1) is 0 Å². The minimum atomic E-state index is -0.114. The number of likely N-dealkylation sites (tertiary alicyclic amines) is 1. The van der Waals surface area contributed by atoms with Crippen molar-refractivity contribution >= 4 is 11.0 Å². The zero-order chi connectivity index (χ0) is 11.8. The van der Waals surface area contributed by atoms with E-state index in [4.69, 9.17) is 0 Å². The molecule has 2 heterocycles. The van der Waals surface area contributed by atoms with Gasteiger partial charge in [-0.1, -0.05) is 12.1 Å². The van der Waals surface area contributed by atoms with Crippen molar-refractivity contribution in [3.8, 4) is 0 Å². The molecule has 1 atom stereocenters. The van der Waals surface area contributed by atoms with Gasteiger partial charge in [0.25, 0.3) is 0 Å². The van der Waals surface area contributed by atoms with Crippen LogP contribution in [-0.4, -0.2) is 35.0 Å². The molecule has 17 heavy (non-hydrogen) atoms. The van der Waals surface area contributed by atoms with Crippen molar-refractivity contribution in [1.82, 2.24) is 14.9 Å². The standard InChI is InChI=1S/C13H17N3O/c1-16-7-3-4-9(8-16)10-5-2-6-11-12(10)15-13(17)14-11/h2,5-6,9H,3-4,7-8H2,1H3,(H2,14,15,17)/t9-/m1/s1. The molecule has 4 nitrogen and oxygen atoms in total. The fourth-order valence-electron chi connectivity index (χ4n) is 2.84. The Morgan fingerprint density at radius 2 is 2.24 bits per heavy atom. The smallest absolute Gasteiger partial charge is 0.306 e. The highest BCUT2D eigenvalue weighted by Gasteiger charge is 2.21. The Labute approximate surface area is 99.6 Å². The summed E-state index contributed by atoms with van der Waals surface area (Å²) in [6, 6.07) is 6.11. The molecular weight excluding hydrogens is 214 g/mol. The van der Waals surface area contributed by atoms with Crippen LogP contribution in [0.5, 0.6) is 0 Å². The molecule has 0 bridgehead atoms. The Balaban J connectivity index is 2.07. The summed E-state index contributed by atoms with van der Waals surface area (Å²) >= 11 is 0. The number of piperidine rings is 1. The molecule has 1 saturated heterocycles. The minimum absolute atomic E-state index is 0.114. The maximum absolute atomic E-state index is 11.4. The zero-order valence-electron chi connectivity index (χ0n) is 9.99. The maximum Gasteiger partial charge on any atom is 0.323 e. The number of para-hydroxylation sites is 1. The molecule has 4 heteroatoms. The van der Waals surface area contributed by atoms with E-state index in [2.05, 4.69) is 28.0 Å². The summed E-state index contributed by atoms with van der Waals surface area (Å²) in [5.74, 6) is 0.531. The van der Waals surface area contributed by atoms with Crippen molar-refractivity contribution in [2.45, 2.75) is 18.8 Å². The van der Waals surface area contributed by atoms with Gasteiger partial charge < -0.3 is 14.9 Å². The van der Waals surface area contributed by atoms with Gasteiger partial charge in [-0.25, -0.2) is 4.79 Å². The highest BCUT2D eigenvalue weighted by molar-refractivity contribution is 5.78. The van der Waals surface area contributed by atoms with Crippen molar-refractivity contribution in [2.75, 3.05) is 20.1 Å². The second-order valence-corrected chi connectivity index (χ2v) is 4.95. The molecule has 1 aliphatic heterocycles. The number of nitrogens with one attached hydrogen (secondary N) is 2. The fourth-order valence-corrected chi connectivity index (χ4v) is 2.84. The van der Waals surface area contributed by atoms with Crippen molar-refractivity contribution < 1.29 is 0 Å². The fraction of sp³-hybridized carbons (Fsp3) is 0.462. The average Bonchev–Trinajstić information content (AvgIpc) is 2.68. The summed E-state index contributed by atoms with van der Waals surface area (Å²) in [5, 5.41) is 0. The third-order valence-corrected chi connectivity index (χ3v) is 3.65. The van der Waals surface area contributed by atoms with Crippen LogP contribution in [0, 0.1) is 0 Å². The Kier molecular flexibility index (Phi) is 2.52. The van der Waals surface area contributed by atoms with E-state index in [0.29, 0.717) is 5.92 Å². The van der Waals surface area contributed by atoms with Gasteiger partial charge >= 0.3 is 5.69 Å². The van der Waals surface area contributed by atoms with Crippen LogP contribution in [0.25, 0.3) is 11.0 Å². The molecule has 0 saturated carbocycles. The number of H-pyrrole nitrogens is 2. The number of rotatable bonds is 1. The Bertz CT molecular complexity index is 584. The van der Waals surface area contributed by atoms with E-state index in [1.165, 1.54) is 24.9 Å². The maximum atomic E-state index is 11.4. The lowest BCUT2D eigenvalue weighted by Gasteiger charge is -2.30. The van der Waals surface area contributed by atoms with E-state index in [1.54, 1.807) is 0 Å². The van der Waals surface area contributed by atoms with E-state index in [1.807, 2.05) is 12.1 Å². The molecule has 0 radical (unpaired) electrons. The summed E-state index contributed by atoms with van der Waals surface area (Å²) < 4.78 is 0. The SMILES string of the molecule is CN1CCC[C@@H](c2cccc3[nH]c(=O)[nH]c23)C1. The molecule has 1 aromatic heterocycles. The van der Waals surface area contributed by atoms with E-state index in [0.717, 1.165) is 17.6 Å². The lowest BCUT2D eigenvalue weighted by Crippen LogP contribution is -2.30. The highest BCUT2D eigenvalue weighted by Crippen LogP contribution is 2.29.